The first kappa shape index (κ1) is 10.5. The third kappa shape index (κ3) is 3.06. The maximum absolute atomic E-state index is 11.1. The summed E-state index contributed by atoms with van der Waals surface area (Å²) in [5.74, 6) is 0.610. The lowest BCUT2D eigenvalue weighted by Crippen LogP contribution is -2.23. The predicted octanol–water partition coefficient (Wildman–Crippen LogP) is 0.915. The molecule has 0 aliphatic rings. The SMILES string of the molecule is CONC(=O)Cc1ccc(OC)cc1. The van der Waals surface area contributed by atoms with E-state index in [0.29, 0.717) is 6.42 Å². The van der Waals surface area contributed by atoms with E-state index in [0.717, 1.165) is 11.3 Å². The Labute approximate surface area is 82.8 Å². The zero-order chi connectivity index (χ0) is 10.4. The van der Waals surface area contributed by atoms with Crippen LogP contribution in [0.2, 0.25) is 0 Å². The molecule has 0 aromatic heterocycles. The minimum Gasteiger partial charge on any atom is -0.497 e. The van der Waals surface area contributed by atoms with E-state index in [2.05, 4.69) is 10.3 Å². The maximum atomic E-state index is 11.1. The highest BCUT2D eigenvalue weighted by Gasteiger charge is 2.01. The molecule has 1 N–H and O–H groups in total. The summed E-state index contributed by atoms with van der Waals surface area (Å²) in [7, 11) is 3.01. The number of rotatable bonds is 4. The molecule has 76 valence electrons. The van der Waals surface area contributed by atoms with Gasteiger partial charge in [0.2, 0.25) is 5.91 Å². The quantitative estimate of drug-likeness (QED) is 0.726. The molecule has 0 saturated heterocycles. The van der Waals surface area contributed by atoms with Gasteiger partial charge in [-0.15, -0.1) is 0 Å². The summed E-state index contributed by atoms with van der Waals surface area (Å²) < 4.78 is 5.00. The molecule has 0 aliphatic carbocycles. The van der Waals surface area contributed by atoms with Crippen LogP contribution < -0.4 is 10.2 Å². The van der Waals surface area contributed by atoms with Gasteiger partial charge in [0.1, 0.15) is 5.75 Å². The van der Waals surface area contributed by atoms with E-state index in [1.165, 1.54) is 7.11 Å². The summed E-state index contributed by atoms with van der Waals surface area (Å²) in [6.07, 6.45) is 0.303. The number of carbonyl (C=O) groups is 1. The fourth-order valence-corrected chi connectivity index (χ4v) is 1.08. The van der Waals surface area contributed by atoms with E-state index in [1.54, 1.807) is 7.11 Å². The number of nitrogens with one attached hydrogen (secondary N) is 1. The van der Waals surface area contributed by atoms with E-state index < -0.39 is 0 Å². The summed E-state index contributed by atoms with van der Waals surface area (Å²) in [4.78, 5) is 15.6. The van der Waals surface area contributed by atoms with Crippen molar-refractivity contribution in [2.45, 2.75) is 6.42 Å². The zero-order valence-electron chi connectivity index (χ0n) is 8.24. The Morgan fingerprint density at radius 3 is 2.43 bits per heavy atom. The van der Waals surface area contributed by atoms with E-state index in [4.69, 9.17) is 4.74 Å². The van der Waals surface area contributed by atoms with Gasteiger partial charge in [-0.1, -0.05) is 12.1 Å². The van der Waals surface area contributed by atoms with Gasteiger partial charge in [-0.2, -0.15) is 0 Å². The average Bonchev–Trinajstić information content (AvgIpc) is 2.19. The molecule has 1 amide bonds. The molecule has 0 radical (unpaired) electrons. The largest absolute Gasteiger partial charge is 0.497 e. The smallest absolute Gasteiger partial charge is 0.247 e. The van der Waals surface area contributed by atoms with Gasteiger partial charge in [-0.25, -0.2) is 5.48 Å². The van der Waals surface area contributed by atoms with Crippen molar-refractivity contribution in [3.05, 3.63) is 29.8 Å². The van der Waals surface area contributed by atoms with Crippen molar-refractivity contribution in [3.63, 3.8) is 0 Å². The predicted molar refractivity (Wildman–Crippen MR) is 51.8 cm³/mol. The lowest BCUT2D eigenvalue weighted by atomic mass is 10.1. The van der Waals surface area contributed by atoms with Crippen LogP contribution in [-0.4, -0.2) is 20.1 Å². The van der Waals surface area contributed by atoms with Crippen molar-refractivity contribution in [1.82, 2.24) is 5.48 Å². The highest BCUT2D eigenvalue weighted by atomic mass is 16.6. The van der Waals surface area contributed by atoms with Gasteiger partial charge in [0, 0.05) is 0 Å². The molecule has 14 heavy (non-hydrogen) atoms. The average molecular weight is 195 g/mol. The molecule has 0 atom stereocenters. The summed E-state index contributed by atoms with van der Waals surface area (Å²) in [6, 6.07) is 7.31. The van der Waals surface area contributed by atoms with E-state index in [-0.39, 0.29) is 5.91 Å². The van der Waals surface area contributed by atoms with Crippen LogP contribution in [0.3, 0.4) is 0 Å². The monoisotopic (exact) mass is 195 g/mol. The van der Waals surface area contributed by atoms with Crippen LogP contribution in [0.5, 0.6) is 5.75 Å². The van der Waals surface area contributed by atoms with Crippen molar-refractivity contribution >= 4 is 5.91 Å². The van der Waals surface area contributed by atoms with Gasteiger partial charge in [-0.05, 0) is 17.7 Å². The molecule has 0 spiro atoms. The number of hydroxylamine groups is 1. The van der Waals surface area contributed by atoms with Crippen LogP contribution >= 0.6 is 0 Å². The van der Waals surface area contributed by atoms with Crippen LogP contribution in [0, 0.1) is 0 Å². The second kappa shape index (κ2) is 5.24. The van der Waals surface area contributed by atoms with Gasteiger partial charge < -0.3 is 4.74 Å². The molecule has 1 rings (SSSR count). The number of benzene rings is 1. The lowest BCUT2D eigenvalue weighted by Gasteiger charge is -2.03. The Kier molecular flexibility index (Phi) is 3.94. The summed E-state index contributed by atoms with van der Waals surface area (Å²) >= 11 is 0. The maximum Gasteiger partial charge on any atom is 0.247 e. The van der Waals surface area contributed by atoms with Crippen molar-refractivity contribution < 1.29 is 14.4 Å². The standard InChI is InChI=1S/C10H13NO3/c1-13-9-5-3-8(4-6-9)7-10(12)11-14-2/h3-6H,7H2,1-2H3,(H,11,12). The Morgan fingerprint density at radius 2 is 1.93 bits per heavy atom. The number of hydrogen-bond acceptors (Lipinski definition) is 3. The molecule has 1 aromatic rings. The Bertz CT molecular complexity index is 295. The first-order chi connectivity index (χ1) is 6.76. The Hall–Kier alpha value is -1.55. The lowest BCUT2D eigenvalue weighted by molar-refractivity contribution is -0.130. The summed E-state index contributed by atoms with van der Waals surface area (Å²) in [6.45, 7) is 0. The molecule has 0 aliphatic heterocycles. The van der Waals surface area contributed by atoms with Crippen LogP contribution in [-0.2, 0) is 16.1 Å². The molecular formula is C10H13NO3. The molecule has 0 fully saturated rings. The summed E-state index contributed by atoms with van der Waals surface area (Å²) in [5, 5.41) is 0. The van der Waals surface area contributed by atoms with E-state index >= 15 is 0 Å². The van der Waals surface area contributed by atoms with Crippen molar-refractivity contribution in [3.8, 4) is 5.75 Å². The molecule has 1 aromatic carbocycles. The molecule has 0 bridgehead atoms. The number of ether oxygens (including phenoxy) is 1. The topological polar surface area (TPSA) is 47.6 Å². The second-order valence-corrected chi connectivity index (χ2v) is 2.75. The van der Waals surface area contributed by atoms with Gasteiger partial charge in [0.15, 0.2) is 0 Å². The molecule has 0 unspecified atom stereocenters. The van der Waals surface area contributed by atoms with E-state index in [9.17, 15) is 4.79 Å². The number of methoxy groups -OCH3 is 1. The molecular weight excluding hydrogens is 182 g/mol. The zero-order valence-corrected chi connectivity index (χ0v) is 8.24. The van der Waals surface area contributed by atoms with Crippen LogP contribution in [0.25, 0.3) is 0 Å². The minimum atomic E-state index is -0.169. The van der Waals surface area contributed by atoms with Crippen molar-refractivity contribution in [2.24, 2.45) is 0 Å². The first-order valence-corrected chi connectivity index (χ1v) is 4.21. The fourth-order valence-electron chi connectivity index (χ4n) is 1.08. The highest BCUT2D eigenvalue weighted by Crippen LogP contribution is 2.11. The third-order valence-corrected chi connectivity index (χ3v) is 1.74. The Balaban J connectivity index is 2.55. The van der Waals surface area contributed by atoms with Crippen molar-refractivity contribution in [1.29, 1.82) is 0 Å². The molecule has 4 heteroatoms. The summed E-state index contributed by atoms with van der Waals surface area (Å²) in [5.41, 5.74) is 3.17. The van der Waals surface area contributed by atoms with E-state index in [1.807, 2.05) is 24.3 Å². The van der Waals surface area contributed by atoms with Crippen molar-refractivity contribution in [2.75, 3.05) is 14.2 Å². The number of amides is 1. The molecule has 0 heterocycles. The molecule has 4 nitrogen and oxygen atoms in total. The van der Waals surface area contributed by atoms with Gasteiger partial charge in [0.05, 0.1) is 20.6 Å². The first-order valence-electron chi connectivity index (χ1n) is 4.21. The number of carbonyl (C=O) groups excluding carboxylic acids is 1. The highest BCUT2D eigenvalue weighted by molar-refractivity contribution is 5.77. The van der Waals surface area contributed by atoms with Crippen LogP contribution in [0.4, 0.5) is 0 Å². The van der Waals surface area contributed by atoms with Crippen LogP contribution in [0.1, 0.15) is 5.56 Å². The van der Waals surface area contributed by atoms with Crippen LogP contribution in [0.15, 0.2) is 24.3 Å². The minimum absolute atomic E-state index is 0.169. The Morgan fingerprint density at radius 1 is 1.29 bits per heavy atom. The third-order valence-electron chi connectivity index (χ3n) is 1.74. The fraction of sp³-hybridized carbons (Fsp3) is 0.300. The molecule has 0 saturated carbocycles. The number of hydrogen-bond donors (Lipinski definition) is 1. The van der Waals surface area contributed by atoms with Gasteiger partial charge in [0.25, 0.3) is 0 Å². The second-order valence-electron chi connectivity index (χ2n) is 2.75. The van der Waals surface area contributed by atoms with Gasteiger partial charge >= 0.3 is 0 Å². The normalized spacial score (nSPS) is 9.57. The van der Waals surface area contributed by atoms with Gasteiger partial charge in [-0.3, -0.25) is 9.63 Å².